The minimum atomic E-state index is -1.33. The van der Waals surface area contributed by atoms with Crippen LogP contribution in [-0.4, -0.2) is 17.1 Å². The molecule has 0 rings (SSSR count). The van der Waals surface area contributed by atoms with E-state index in [1.165, 1.54) is 19.3 Å². The van der Waals surface area contributed by atoms with E-state index < -0.39 is 6.09 Å². The van der Waals surface area contributed by atoms with Crippen LogP contribution in [0.3, 0.4) is 0 Å². The zero-order valence-electron chi connectivity index (χ0n) is 6.57. The first-order valence-electron chi connectivity index (χ1n) is 2.87. The number of primary amides is 1. The topological polar surface area (TPSA) is 118 Å². The van der Waals surface area contributed by atoms with E-state index in [1.807, 2.05) is 0 Å². The van der Waals surface area contributed by atoms with Crippen LogP contribution in [0.1, 0.15) is 6.92 Å². The van der Waals surface area contributed by atoms with Crippen molar-refractivity contribution in [1.29, 1.82) is 0 Å². The third kappa shape index (κ3) is 42.9. The van der Waals surface area contributed by atoms with Gasteiger partial charge in [0.25, 0.3) is 0 Å². The molecule has 0 atom stereocenters. The molecule has 2 amide bonds. The molecule has 6 N–H and O–H groups in total. The molecule has 0 aliphatic heterocycles. The Labute approximate surface area is 69.5 Å². The lowest BCUT2D eigenvalue weighted by molar-refractivity contribution is -0.118. The fourth-order valence-electron chi connectivity index (χ4n) is 0.191. The third-order valence-electron chi connectivity index (χ3n) is 0.455. The second kappa shape index (κ2) is 9.06. The molecule has 0 spiro atoms. The summed E-state index contributed by atoms with van der Waals surface area (Å²) in [6.45, 7) is 1.41. The van der Waals surface area contributed by atoms with Gasteiger partial charge in [0.05, 0.1) is 0 Å². The van der Waals surface area contributed by atoms with Gasteiger partial charge in [-0.2, -0.15) is 0 Å². The lowest BCUT2D eigenvalue weighted by atomic mass is 10.7. The second-order valence-corrected chi connectivity index (χ2v) is 1.52. The van der Waals surface area contributed by atoms with E-state index in [2.05, 4.69) is 16.8 Å². The van der Waals surface area contributed by atoms with Gasteiger partial charge in [0.15, 0.2) is 0 Å². The van der Waals surface area contributed by atoms with Gasteiger partial charge in [0, 0.05) is 19.3 Å². The molecule has 6 nitrogen and oxygen atoms in total. The van der Waals surface area contributed by atoms with E-state index in [4.69, 9.17) is 15.6 Å². The Morgan fingerprint density at radius 2 is 2.00 bits per heavy atom. The van der Waals surface area contributed by atoms with Gasteiger partial charge in [0.1, 0.15) is 0 Å². The summed E-state index contributed by atoms with van der Waals surface area (Å²) in [5, 5.41) is 9.55. The number of carbonyl (C=O) groups excluding carboxylic acids is 1. The maximum atomic E-state index is 10.1. The highest BCUT2D eigenvalue weighted by Gasteiger charge is 1.77. The summed E-state index contributed by atoms with van der Waals surface area (Å²) >= 11 is 0. The normalized spacial score (nSPS) is 6.42. The molecular weight excluding hydrogens is 162 g/mol. The SMILES string of the molecule is CC(=O)NC=C=CN.NC(=O)O. The summed E-state index contributed by atoms with van der Waals surface area (Å²) in [5.74, 6) is -0.126. The Hall–Kier alpha value is -1.94. The van der Waals surface area contributed by atoms with E-state index in [0.717, 1.165) is 0 Å². The van der Waals surface area contributed by atoms with Gasteiger partial charge in [-0.05, 0) is 0 Å². The van der Waals surface area contributed by atoms with Crippen LogP contribution < -0.4 is 16.8 Å². The molecule has 0 aromatic heterocycles. The van der Waals surface area contributed by atoms with Gasteiger partial charge in [0.2, 0.25) is 5.91 Å². The monoisotopic (exact) mass is 173 g/mol. The fraction of sp³-hybridized carbons (Fsp3) is 0.167. The molecule has 68 valence electrons. The van der Waals surface area contributed by atoms with Gasteiger partial charge in [-0.1, -0.05) is 5.73 Å². The minimum absolute atomic E-state index is 0.126. The summed E-state index contributed by atoms with van der Waals surface area (Å²) < 4.78 is 0. The van der Waals surface area contributed by atoms with E-state index in [1.54, 1.807) is 0 Å². The van der Waals surface area contributed by atoms with Crippen molar-refractivity contribution in [3.63, 3.8) is 0 Å². The van der Waals surface area contributed by atoms with Crippen molar-refractivity contribution in [3.8, 4) is 0 Å². The first kappa shape index (κ1) is 12.7. The summed E-state index contributed by atoms with van der Waals surface area (Å²) in [5.41, 5.74) is 11.4. The highest BCUT2D eigenvalue weighted by atomic mass is 16.4. The molecule has 0 bridgehead atoms. The molecule has 0 unspecified atom stereocenters. The van der Waals surface area contributed by atoms with Crippen molar-refractivity contribution >= 4 is 12.0 Å². The van der Waals surface area contributed by atoms with E-state index in [0.29, 0.717) is 0 Å². The molecule has 0 aromatic carbocycles. The molecule has 0 heterocycles. The molecule has 0 aliphatic rings. The number of nitrogens with two attached hydrogens (primary N) is 2. The van der Waals surface area contributed by atoms with Crippen molar-refractivity contribution in [3.05, 3.63) is 18.1 Å². The largest absolute Gasteiger partial charge is 0.465 e. The predicted molar refractivity (Wildman–Crippen MR) is 42.9 cm³/mol. The van der Waals surface area contributed by atoms with Gasteiger partial charge in [-0.3, -0.25) is 4.79 Å². The van der Waals surface area contributed by atoms with Crippen LogP contribution in [0.25, 0.3) is 0 Å². The van der Waals surface area contributed by atoms with Crippen LogP contribution in [0.4, 0.5) is 4.79 Å². The van der Waals surface area contributed by atoms with Crippen molar-refractivity contribution < 1.29 is 14.7 Å². The highest BCUT2D eigenvalue weighted by molar-refractivity contribution is 5.73. The Morgan fingerprint density at radius 3 is 2.25 bits per heavy atom. The van der Waals surface area contributed by atoms with Crippen molar-refractivity contribution in [2.24, 2.45) is 11.5 Å². The second-order valence-electron chi connectivity index (χ2n) is 1.52. The molecule has 0 aliphatic carbocycles. The number of hydrogen-bond acceptors (Lipinski definition) is 3. The van der Waals surface area contributed by atoms with Gasteiger partial charge in [-0.15, -0.1) is 0 Å². The van der Waals surface area contributed by atoms with Crippen LogP contribution in [0.5, 0.6) is 0 Å². The number of hydrogen-bond donors (Lipinski definition) is 4. The fourth-order valence-corrected chi connectivity index (χ4v) is 0.191. The average molecular weight is 173 g/mol. The third-order valence-corrected chi connectivity index (χ3v) is 0.455. The zero-order valence-corrected chi connectivity index (χ0v) is 6.57. The quantitative estimate of drug-likeness (QED) is 0.393. The van der Waals surface area contributed by atoms with Crippen LogP contribution in [0.2, 0.25) is 0 Å². The maximum absolute atomic E-state index is 10.1. The zero-order chi connectivity index (χ0) is 9.98. The van der Waals surface area contributed by atoms with Crippen molar-refractivity contribution in [1.82, 2.24) is 5.32 Å². The Bertz CT molecular complexity index is 202. The lowest BCUT2D eigenvalue weighted by Crippen LogP contribution is -2.10. The lowest BCUT2D eigenvalue weighted by Gasteiger charge is -1.83. The Kier molecular flexibility index (Phi) is 9.60. The molecule has 0 saturated carbocycles. The van der Waals surface area contributed by atoms with E-state index in [-0.39, 0.29) is 5.91 Å². The summed E-state index contributed by atoms with van der Waals surface area (Å²) in [6.07, 6.45) is 1.23. The van der Waals surface area contributed by atoms with Crippen LogP contribution >= 0.6 is 0 Å². The number of rotatable bonds is 1. The molecule has 0 saturated heterocycles. The molecule has 0 radical (unpaired) electrons. The van der Waals surface area contributed by atoms with Crippen molar-refractivity contribution in [2.75, 3.05) is 0 Å². The summed E-state index contributed by atoms with van der Waals surface area (Å²) in [4.78, 5) is 18.9. The smallest absolute Gasteiger partial charge is 0.402 e. The molecular formula is C6H11N3O3. The van der Waals surface area contributed by atoms with Crippen LogP contribution in [0.15, 0.2) is 18.1 Å². The standard InChI is InChI=1S/C5H8N2O.CH3NO2/c1-5(8)7-4-2-3-6;2-1(3)4/h3-4H,6H2,1H3,(H,7,8);2H2,(H,3,4). The number of carboxylic acid groups (broad SMARTS) is 1. The Balaban J connectivity index is 0. The number of amides is 2. The van der Waals surface area contributed by atoms with Crippen molar-refractivity contribution in [2.45, 2.75) is 6.92 Å². The molecule has 0 aromatic rings. The molecule has 0 fully saturated rings. The first-order chi connectivity index (χ1) is 5.50. The predicted octanol–water partition coefficient (Wildman–Crippen LogP) is -0.669. The first-order valence-corrected chi connectivity index (χ1v) is 2.87. The van der Waals surface area contributed by atoms with E-state index in [9.17, 15) is 4.79 Å². The maximum Gasteiger partial charge on any atom is 0.402 e. The van der Waals surface area contributed by atoms with Gasteiger partial charge in [-0.25, -0.2) is 4.79 Å². The van der Waals surface area contributed by atoms with E-state index >= 15 is 0 Å². The minimum Gasteiger partial charge on any atom is -0.465 e. The number of nitrogens with one attached hydrogen (secondary N) is 1. The summed E-state index contributed by atoms with van der Waals surface area (Å²) in [7, 11) is 0. The van der Waals surface area contributed by atoms with Crippen LogP contribution in [-0.2, 0) is 4.79 Å². The van der Waals surface area contributed by atoms with Crippen LogP contribution in [0, 0.1) is 0 Å². The Morgan fingerprint density at radius 1 is 1.58 bits per heavy atom. The molecule has 12 heavy (non-hydrogen) atoms. The number of carbonyl (C=O) groups is 2. The van der Waals surface area contributed by atoms with Gasteiger partial charge < -0.3 is 21.9 Å². The molecule has 6 heteroatoms. The highest BCUT2D eigenvalue weighted by Crippen LogP contribution is 1.58. The van der Waals surface area contributed by atoms with Gasteiger partial charge >= 0.3 is 6.09 Å². The summed E-state index contributed by atoms with van der Waals surface area (Å²) in [6, 6.07) is 0. The average Bonchev–Trinajstić information content (AvgIpc) is 1.86.